The average molecular weight is 320 g/mol. The number of benzene rings is 2. The molecule has 0 heterocycles. The number of rotatable bonds is 1. The second-order valence-corrected chi connectivity index (χ2v) is 6.29. The molecule has 0 aliphatic carbocycles. The molecule has 2 aromatic rings. The molecule has 0 saturated carbocycles. The molecule has 0 fully saturated rings. The molecule has 0 unspecified atom stereocenters. The molecule has 0 aliphatic rings. The van der Waals surface area contributed by atoms with Crippen LogP contribution in [-0.2, 0) is 0 Å². The molecule has 100 valence electrons. The Bertz CT molecular complexity index is 627. The number of hydrogen-bond donors (Lipinski definition) is 2. The number of nitrogens with two attached hydrogens (primary N) is 1. The molecule has 4 heteroatoms. The maximum Gasteiger partial charge on any atom is 0.193 e. The van der Waals surface area contributed by atoms with Crippen LogP contribution in [-0.4, -0.2) is 11.5 Å². The zero-order chi connectivity index (χ0) is 14.0. The van der Waals surface area contributed by atoms with Crippen LogP contribution in [0.25, 0.3) is 10.8 Å². The van der Waals surface area contributed by atoms with E-state index in [-0.39, 0.29) is 5.54 Å². The zero-order valence-corrected chi connectivity index (χ0v) is 13.0. The number of nitrogens with zero attached hydrogens (tertiary/aromatic N) is 1. The molecule has 0 amide bonds. The number of halogens is 1. The third-order valence-corrected chi connectivity index (χ3v) is 3.28. The van der Waals surface area contributed by atoms with Crippen LogP contribution in [0.5, 0.6) is 0 Å². The molecule has 0 spiro atoms. The molecular weight excluding hydrogens is 302 g/mol. The molecule has 0 radical (unpaired) electrons. The van der Waals surface area contributed by atoms with Crippen LogP contribution in [0.3, 0.4) is 0 Å². The van der Waals surface area contributed by atoms with E-state index in [9.17, 15) is 0 Å². The Balaban J connectivity index is 2.42. The molecule has 19 heavy (non-hydrogen) atoms. The Morgan fingerprint density at radius 3 is 2.37 bits per heavy atom. The zero-order valence-electron chi connectivity index (χ0n) is 11.4. The van der Waals surface area contributed by atoms with Gasteiger partial charge in [-0.05, 0) is 38.3 Å². The lowest BCUT2D eigenvalue weighted by Gasteiger charge is -2.15. The minimum Gasteiger partial charge on any atom is -0.370 e. The van der Waals surface area contributed by atoms with Gasteiger partial charge < -0.3 is 11.1 Å². The van der Waals surface area contributed by atoms with E-state index in [0.29, 0.717) is 5.96 Å². The first-order chi connectivity index (χ1) is 8.87. The summed E-state index contributed by atoms with van der Waals surface area (Å²) in [6.45, 7) is 6.05. The molecule has 2 rings (SSSR count). The van der Waals surface area contributed by atoms with E-state index in [1.54, 1.807) is 0 Å². The predicted molar refractivity (Wildman–Crippen MR) is 86.6 cm³/mol. The highest BCUT2D eigenvalue weighted by molar-refractivity contribution is 9.10. The molecule has 0 aromatic heterocycles. The monoisotopic (exact) mass is 319 g/mol. The van der Waals surface area contributed by atoms with Crippen molar-refractivity contribution in [3.05, 3.63) is 40.9 Å². The van der Waals surface area contributed by atoms with Crippen molar-refractivity contribution >= 4 is 38.3 Å². The number of aliphatic imine (C=N–C) groups is 1. The van der Waals surface area contributed by atoms with Crippen LogP contribution in [0.15, 0.2) is 45.9 Å². The number of nitrogens with one attached hydrogen (secondary N) is 1. The molecule has 0 aliphatic heterocycles. The number of guanidine groups is 1. The maximum absolute atomic E-state index is 5.95. The number of hydrogen-bond acceptors (Lipinski definition) is 1. The van der Waals surface area contributed by atoms with Crippen molar-refractivity contribution in [2.75, 3.05) is 5.32 Å². The van der Waals surface area contributed by atoms with Crippen LogP contribution in [0.1, 0.15) is 20.8 Å². The fourth-order valence-corrected chi connectivity index (χ4v) is 2.38. The van der Waals surface area contributed by atoms with Gasteiger partial charge in [-0.3, -0.25) is 0 Å². The van der Waals surface area contributed by atoms with Crippen LogP contribution in [0, 0.1) is 0 Å². The summed E-state index contributed by atoms with van der Waals surface area (Å²) in [5.41, 5.74) is 6.72. The predicted octanol–water partition coefficient (Wildman–Crippen LogP) is 4.13. The Morgan fingerprint density at radius 2 is 1.74 bits per heavy atom. The summed E-state index contributed by atoms with van der Waals surface area (Å²) >= 11 is 3.56. The van der Waals surface area contributed by atoms with Gasteiger partial charge in [-0.25, -0.2) is 4.99 Å². The first-order valence-electron chi connectivity index (χ1n) is 6.16. The minimum absolute atomic E-state index is 0.192. The molecular formula is C15H18BrN3. The van der Waals surface area contributed by atoms with Crippen molar-refractivity contribution in [1.29, 1.82) is 0 Å². The smallest absolute Gasteiger partial charge is 0.193 e. The first-order valence-corrected chi connectivity index (χ1v) is 6.96. The van der Waals surface area contributed by atoms with Gasteiger partial charge in [0.15, 0.2) is 5.96 Å². The second-order valence-electron chi connectivity index (χ2n) is 5.43. The Hall–Kier alpha value is -1.55. The number of anilines is 1. The summed E-state index contributed by atoms with van der Waals surface area (Å²) in [7, 11) is 0. The van der Waals surface area contributed by atoms with Gasteiger partial charge in [0.2, 0.25) is 0 Å². The van der Waals surface area contributed by atoms with Gasteiger partial charge in [-0.2, -0.15) is 0 Å². The molecule has 0 atom stereocenters. The van der Waals surface area contributed by atoms with Gasteiger partial charge in [-0.1, -0.05) is 40.2 Å². The average Bonchev–Trinajstić information content (AvgIpc) is 2.31. The third-order valence-electron chi connectivity index (χ3n) is 2.59. The quantitative estimate of drug-likeness (QED) is 0.613. The highest BCUT2D eigenvalue weighted by Crippen LogP contribution is 2.29. The van der Waals surface area contributed by atoms with E-state index in [1.165, 1.54) is 0 Å². The molecule has 2 aromatic carbocycles. The Labute approximate surface area is 122 Å². The lowest BCUT2D eigenvalue weighted by atomic mass is 10.1. The Kier molecular flexibility index (Phi) is 3.80. The number of fused-ring (bicyclic) bond motifs is 1. The standard InChI is InChI=1S/C15H18BrN3/c1-15(2,3)19-14(17)18-13-9-8-12(16)10-6-4-5-7-11(10)13/h4-9H,1-3H3,(H3,17,18,19). The van der Waals surface area contributed by atoms with E-state index < -0.39 is 0 Å². The lowest BCUT2D eigenvalue weighted by molar-refractivity contribution is 0.583. The van der Waals surface area contributed by atoms with E-state index >= 15 is 0 Å². The highest BCUT2D eigenvalue weighted by Gasteiger charge is 2.09. The van der Waals surface area contributed by atoms with Gasteiger partial charge in [-0.15, -0.1) is 0 Å². The van der Waals surface area contributed by atoms with Gasteiger partial charge in [0, 0.05) is 15.5 Å². The fraction of sp³-hybridized carbons (Fsp3) is 0.267. The van der Waals surface area contributed by atoms with Crippen molar-refractivity contribution in [3.8, 4) is 0 Å². The van der Waals surface area contributed by atoms with Crippen LogP contribution < -0.4 is 11.1 Å². The van der Waals surface area contributed by atoms with E-state index in [0.717, 1.165) is 20.9 Å². The van der Waals surface area contributed by atoms with Gasteiger partial charge in [0.1, 0.15) is 0 Å². The maximum atomic E-state index is 5.95. The molecule has 0 saturated heterocycles. The first kappa shape index (κ1) is 13.9. The summed E-state index contributed by atoms with van der Waals surface area (Å²) in [6.07, 6.45) is 0. The summed E-state index contributed by atoms with van der Waals surface area (Å²) in [6, 6.07) is 12.2. The van der Waals surface area contributed by atoms with E-state index in [1.807, 2.05) is 45.0 Å². The topological polar surface area (TPSA) is 50.4 Å². The minimum atomic E-state index is -0.192. The highest BCUT2D eigenvalue weighted by atomic mass is 79.9. The summed E-state index contributed by atoms with van der Waals surface area (Å²) in [5.74, 6) is 0.431. The van der Waals surface area contributed by atoms with Crippen LogP contribution in [0.2, 0.25) is 0 Å². The van der Waals surface area contributed by atoms with E-state index in [4.69, 9.17) is 5.73 Å². The van der Waals surface area contributed by atoms with Crippen molar-refractivity contribution in [2.24, 2.45) is 10.7 Å². The molecule has 3 nitrogen and oxygen atoms in total. The lowest BCUT2D eigenvalue weighted by Crippen LogP contribution is -2.27. The van der Waals surface area contributed by atoms with Crippen molar-refractivity contribution in [1.82, 2.24) is 0 Å². The third kappa shape index (κ3) is 3.47. The SMILES string of the molecule is CC(C)(C)N=C(N)Nc1ccc(Br)c2ccccc12. The normalized spacial score (nSPS) is 12.7. The van der Waals surface area contributed by atoms with Gasteiger partial charge >= 0.3 is 0 Å². The van der Waals surface area contributed by atoms with Crippen LogP contribution in [0.4, 0.5) is 5.69 Å². The van der Waals surface area contributed by atoms with Crippen molar-refractivity contribution in [2.45, 2.75) is 26.3 Å². The molecule has 0 bridgehead atoms. The van der Waals surface area contributed by atoms with Crippen LogP contribution >= 0.6 is 15.9 Å². The van der Waals surface area contributed by atoms with Gasteiger partial charge in [0.05, 0.1) is 5.54 Å². The summed E-state index contributed by atoms with van der Waals surface area (Å²) in [4.78, 5) is 4.41. The largest absolute Gasteiger partial charge is 0.370 e. The second kappa shape index (κ2) is 5.21. The Morgan fingerprint density at radius 1 is 1.11 bits per heavy atom. The summed E-state index contributed by atoms with van der Waals surface area (Å²) < 4.78 is 1.07. The molecule has 3 N–H and O–H groups in total. The van der Waals surface area contributed by atoms with Crippen molar-refractivity contribution < 1.29 is 0 Å². The van der Waals surface area contributed by atoms with E-state index in [2.05, 4.69) is 38.4 Å². The van der Waals surface area contributed by atoms with Crippen molar-refractivity contribution in [3.63, 3.8) is 0 Å². The summed E-state index contributed by atoms with van der Waals surface area (Å²) in [5, 5.41) is 5.44. The van der Waals surface area contributed by atoms with Gasteiger partial charge in [0.25, 0.3) is 0 Å². The fourth-order valence-electron chi connectivity index (χ4n) is 1.90.